The number of methoxy groups -OCH3 is 1. The number of pyridine rings is 1. The summed E-state index contributed by atoms with van der Waals surface area (Å²) in [7, 11) is 1.67. The SMILES string of the molecule is COCCn1c2c(ccc1=O)C[C@H](NCc1cccs1)CC2. The number of ether oxygens (including phenoxy) is 1. The molecule has 2 heterocycles. The molecule has 1 atom stereocenters. The third-order valence-corrected chi connectivity index (χ3v) is 5.13. The number of fused-ring (bicyclic) bond motifs is 1. The van der Waals surface area contributed by atoms with E-state index in [1.807, 2.05) is 10.6 Å². The molecule has 0 saturated carbocycles. The Hall–Kier alpha value is -1.43. The lowest BCUT2D eigenvalue weighted by Gasteiger charge is -2.27. The zero-order valence-electron chi connectivity index (χ0n) is 12.9. The van der Waals surface area contributed by atoms with E-state index < -0.39 is 0 Å². The summed E-state index contributed by atoms with van der Waals surface area (Å²) in [5.74, 6) is 0. The van der Waals surface area contributed by atoms with Gasteiger partial charge in [0.2, 0.25) is 0 Å². The molecule has 0 radical (unpaired) electrons. The third-order valence-electron chi connectivity index (χ3n) is 4.25. The lowest BCUT2D eigenvalue weighted by atomic mass is 9.91. The summed E-state index contributed by atoms with van der Waals surface area (Å²) < 4.78 is 7.01. The van der Waals surface area contributed by atoms with Crippen LogP contribution < -0.4 is 10.9 Å². The molecule has 0 unspecified atom stereocenters. The second-order valence-corrected chi connectivity index (χ2v) is 6.72. The Morgan fingerprint density at radius 1 is 1.41 bits per heavy atom. The molecule has 0 saturated heterocycles. The Morgan fingerprint density at radius 2 is 2.32 bits per heavy atom. The molecule has 2 aromatic heterocycles. The highest BCUT2D eigenvalue weighted by atomic mass is 32.1. The van der Waals surface area contributed by atoms with Crippen LogP contribution in [0, 0.1) is 0 Å². The summed E-state index contributed by atoms with van der Waals surface area (Å²) in [4.78, 5) is 13.4. The van der Waals surface area contributed by atoms with Crippen LogP contribution in [0.2, 0.25) is 0 Å². The Kier molecular flexibility index (Phi) is 5.08. The molecular formula is C17H22N2O2S. The highest BCUT2D eigenvalue weighted by Crippen LogP contribution is 2.21. The second-order valence-electron chi connectivity index (χ2n) is 5.69. The normalized spacial score (nSPS) is 17.4. The Bertz CT molecular complexity index is 664. The molecule has 1 aliphatic rings. The highest BCUT2D eigenvalue weighted by molar-refractivity contribution is 7.09. The predicted octanol–water partition coefficient (Wildman–Crippen LogP) is 2.20. The molecule has 0 amide bonds. The molecule has 3 rings (SSSR count). The molecule has 0 bridgehead atoms. The van der Waals surface area contributed by atoms with Gasteiger partial charge in [0, 0.05) is 42.9 Å². The van der Waals surface area contributed by atoms with Crippen LogP contribution in [0.25, 0.3) is 0 Å². The van der Waals surface area contributed by atoms with Crippen LogP contribution in [0.1, 0.15) is 22.6 Å². The second kappa shape index (κ2) is 7.22. The van der Waals surface area contributed by atoms with Gasteiger partial charge in [-0.1, -0.05) is 12.1 Å². The number of hydrogen-bond acceptors (Lipinski definition) is 4. The van der Waals surface area contributed by atoms with Crippen LogP contribution in [0.4, 0.5) is 0 Å². The summed E-state index contributed by atoms with van der Waals surface area (Å²) in [6, 6.07) is 8.43. The minimum absolute atomic E-state index is 0.0841. The first-order valence-electron chi connectivity index (χ1n) is 7.74. The van der Waals surface area contributed by atoms with Crippen molar-refractivity contribution in [2.75, 3.05) is 13.7 Å². The Balaban J connectivity index is 1.69. The number of rotatable bonds is 6. The van der Waals surface area contributed by atoms with Crippen LogP contribution in [-0.4, -0.2) is 24.3 Å². The van der Waals surface area contributed by atoms with Crippen molar-refractivity contribution in [1.29, 1.82) is 0 Å². The van der Waals surface area contributed by atoms with E-state index in [9.17, 15) is 4.79 Å². The molecule has 4 nitrogen and oxygen atoms in total. The van der Waals surface area contributed by atoms with Crippen molar-refractivity contribution in [3.63, 3.8) is 0 Å². The van der Waals surface area contributed by atoms with Gasteiger partial charge < -0.3 is 14.6 Å². The lowest BCUT2D eigenvalue weighted by molar-refractivity contribution is 0.184. The van der Waals surface area contributed by atoms with Gasteiger partial charge in [-0.3, -0.25) is 4.79 Å². The molecule has 22 heavy (non-hydrogen) atoms. The maximum atomic E-state index is 12.1. The Labute approximate surface area is 134 Å². The van der Waals surface area contributed by atoms with Crippen LogP contribution in [-0.2, 0) is 30.7 Å². The summed E-state index contributed by atoms with van der Waals surface area (Å²) in [5.41, 5.74) is 2.57. The van der Waals surface area contributed by atoms with Crippen molar-refractivity contribution in [3.8, 4) is 0 Å². The molecule has 0 fully saturated rings. The summed E-state index contributed by atoms with van der Waals surface area (Å²) in [6.45, 7) is 2.16. The molecule has 118 valence electrons. The van der Waals surface area contributed by atoms with Gasteiger partial charge in [-0.2, -0.15) is 0 Å². The van der Waals surface area contributed by atoms with E-state index in [0.29, 0.717) is 19.2 Å². The average molecular weight is 318 g/mol. The van der Waals surface area contributed by atoms with Crippen LogP contribution in [0.3, 0.4) is 0 Å². The van der Waals surface area contributed by atoms with Crippen molar-refractivity contribution >= 4 is 11.3 Å². The van der Waals surface area contributed by atoms with E-state index in [-0.39, 0.29) is 5.56 Å². The van der Waals surface area contributed by atoms with Gasteiger partial charge in [-0.25, -0.2) is 0 Å². The zero-order valence-corrected chi connectivity index (χ0v) is 13.7. The van der Waals surface area contributed by atoms with Gasteiger partial charge in [-0.15, -0.1) is 11.3 Å². The largest absolute Gasteiger partial charge is 0.383 e. The number of hydrogen-bond donors (Lipinski definition) is 1. The molecule has 2 aromatic rings. The van der Waals surface area contributed by atoms with Crippen molar-refractivity contribution in [3.05, 3.63) is 56.1 Å². The van der Waals surface area contributed by atoms with Crippen molar-refractivity contribution in [2.24, 2.45) is 0 Å². The quantitative estimate of drug-likeness (QED) is 0.888. The molecular weight excluding hydrogens is 296 g/mol. The van der Waals surface area contributed by atoms with E-state index in [1.165, 1.54) is 16.1 Å². The molecule has 5 heteroatoms. The number of nitrogens with zero attached hydrogens (tertiary/aromatic N) is 1. The minimum atomic E-state index is 0.0841. The van der Waals surface area contributed by atoms with Crippen LogP contribution >= 0.6 is 11.3 Å². The van der Waals surface area contributed by atoms with Gasteiger partial charge in [0.15, 0.2) is 0 Å². The smallest absolute Gasteiger partial charge is 0.250 e. The fraction of sp³-hybridized carbons (Fsp3) is 0.471. The Morgan fingerprint density at radius 3 is 3.09 bits per heavy atom. The summed E-state index contributed by atoms with van der Waals surface area (Å²) in [6.07, 6.45) is 3.03. The van der Waals surface area contributed by atoms with E-state index in [1.54, 1.807) is 24.5 Å². The lowest BCUT2D eigenvalue weighted by Crippen LogP contribution is -2.37. The summed E-state index contributed by atoms with van der Waals surface area (Å²) >= 11 is 1.79. The van der Waals surface area contributed by atoms with Crippen LogP contribution in [0.15, 0.2) is 34.4 Å². The zero-order chi connectivity index (χ0) is 15.4. The highest BCUT2D eigenvalue weighted by Gasteiger charge is 2.21. The molecule has 1 N–H and O–H groups in total. The first kappa shape index (κ1) is 15.5. The van der Waals surface area contributed by atoms with E-state index in [2.05, 4.69) is 22.8 Å². The first-order valence-corrected chi connectivity index (χ1v) is 8.62. The topological polar surface area (TPSA) is 43.3 Å². The minimum Gasteiger partial charge on any atom is -0.383 e. The monoisotopic (exact) mass is 318 g/mol. The fourth-order valence-corrected chi connectivity index (χ4v) is 3.74. The summed E-state index contributed by atoms with van der Waals surface area (Å²) in [5, 5.41) is 5.75. The first-order chi connectivity index (χ1) is 10.8. The van der Waals surface area contributed by atoms with Crippen molar-refractivity contribution in [2.45, 2.75) is 38.4 Å². The van der Waals surface area contributed by atoms with Crippen LogP contribution in [0.5, 0.6) is 0 Å². The predicted molar refractivity (Wildman–Crippen MR) is 89.5 cm³/mol. The van der Waals surface area contributed by atoms with E-state index >= 15 is 0 Å². The van der Waals surface area contributed by atoms with Gasteiger partial charge >= 0.3 is 0 Å². The van der Waals surface area contributed by atoms with Crippen molar-refractivity contribution < 1.29 is 4.74 Å². The fourth-order valence-electron chi connectivity index (χ4n) is 3.08. The number of thiophene rings is 1. The molecule has 0 aliphatic heterocycles. The molecule has 1 aliphatic carbocycles. The van der Waals surface area contributed by atoms with Gasteiger partial charge in [-0.05, 0) is 36.3 Å². The maximum Gasteiger partial charge on any atom is 0.250 e. The van der Waals surface area contributed by atoms with E-state index in [0.717, 1.165) is 25.8 Å². The third kappa shape index (κ3) is 3.48. The number of aromatic nitrogens is 1. The number of nitrogens with one attached hydrogen (secondary N) is 1. The average Bonchev–Trinajstić information content (AvgIpc) is 3.05. The van der Waals surface area contributed by atoms with E-state index in [4.69, 9.17) is 4.74 Å². The van der Waals surface area contributed by atoms with Gasteiger partial charge in [0.25, 0.3) is 5.56 Å². The van der Waals surface area contributed by atoms with Gasteiger partial charge in [0.05, 0.1) is 6.61 Å². The standard InChI is InChI=1S/C17H22N2O2S/c1-21-9-8-19-16-6-5-14(11-13(16)4-7-17(19)20)18-12-15-3-2-10-22-15/h2-4,7,10,14,18H,5-6,8-9,11-12H2,1H3/t14-/m1/s1. The molecule has 0 aromatic carbocycles. The van der Waals surface area contributed by atoms with Crippen molar-refractivity contribution in [1.82, 2.24) is 9.88 Å². The maximum absolute atomic E-state index is 12.1. The van der Waals surface area contributed by atoms with Gasteiger partial charge in [0.1, 0.15) is 0 Å². The molecule has 0 spiro atoms.